The van der Waals surface area contributed by atoms with Crippen LogP contribution in [0.1, 0.15) is 29.5 Å². The minimum atomic E-state index is 0.396. The van der Waals surface area contributed by atoms with Crippen molar-refractivity contribution in [3.8, 4) is 0 Å². The van der Waals surface area contributed by atoms with E-state index in [1.807, 2.05) is 43.1 Å². The number of hydrogen-bond acceptors (Lipinski definition) is 6. The Kier molecular flexibility index (Phi) is 4.48. The molecule has 2 aliphatic rings. The van der Waals surface area contributed by atoms with E-state index in [9.17, 15) is 0 Å². The third kappa shape index (κ3) is 3.38. The van der Waals surface area contributed by atoms with Crippen LogP contribution in [0.15, 0.2) is 73.4 Å². The van der Waals surface area contributed by atoms with Crippen LogP contribution in [-0.4, -0.2) is 46.1 Å². The highest BCUT2D eigenvalue weighted by molar-refractivity contribution is 5.81. The molecule has 0 aliphatic carbocycles. The van der Waals surface area contributed by atoms with Gasteiger partial charge >= 0.3 is 0 Å². The van der Waals surface area contributed by atoms with E-state index in [0.29, 0.717) is 11.8 Å². The van der Waals surface area contributed by atoms with Crippen molar-refractivity contribution in [1.82, 2.24) is 19.9 Å². The zero-order chi connectivity index (χ0) is 20.6. The molecule has 154 valence electrons. The van der Waals surface area contributed by atoms with Crippen molar-refractivity contribution in [3.63, 3.8) is 0 Å². The molecule has 1 unspecified atom stereocenters. The minimum Gasteiger partial charge on any atom is -0.369 e. The van der Waals surface area contributed by atoms with Crippen LogP contribution in [0.4, 0.5) is 11.5 Å². The lowest BCUT2D eigenvalue weighted by Crippen LogP contribution is -2.46. The van der Waals surface area contributed by atoms with Crippen molar-refractivity contribution in [2.45, 2.75) is 18.3 Å². The molecule has 0 spiro atoms. The topological polar surface area (TPSA) is 58.0 Å². The van der Waals surface area contributed by atoms with Crippen molar-refractivity contribution in [2.75, 3.05) is 36.0 Å². The molecule has 6 nitrogen and oxygen atoms in total. The van der Waals surface area contributed by atoms with Crippen LogP contribution < -0.4 is 9.80 Å². The Morgan fingerprint density at radius 1 is 0.774 bits per heavy atom. The van der Waals surface area contributed by atoms with Crippen LogP contribution in [0.25, 0.3) is 10.9 Å². The summed E-state index contributed by atoms with van der Waals surface area (Å²) in [7, 11) is 0. The van der Waals surface area contributed by atoms with Gasteiger partial charge in [-0.05, 0) is 30.2 Å². The number of nitrogens with zero attached hydrogens (tertiary/aromatic N) is 6. The summed E-state index contributed by atoms with van der Waals surface area (Å²) < 4.78 is 0. The van der Waals surface area contributed by atoms with Crippen LogP contribution >= 0.6 is 0 Å². The Morgan fingerprint density at radius 2 is 1.65 bits per heavy atom. The van der Waals surface area contributed by atoms with Crippen LogP contribution in [0.3, 0.4) is 0 Å². The number of benzene rings is 1. The molecular weight excluding hydrogens is 384 g/mol. The lowest BCUT2D eigenvalue weighted by atomic mass is 9.94. The van der Waals surface area contributed by atoms with Crippen LogP contribution in [0.5, 0.6) is 0 Å². The Morgan fingerprint density at radius 3 is 2.55 bits per heavy atom. The fourth-order valence-electron chi connectivity index (χ4n) is 4.81. The Balaban J connectivity index is 1.18. The molecule has 0 bridgehead atoms. The second-order valence-electron chi connectivity index (χ2n) is 8.47. The summed E-state index contributed by atoms with van der Waals surface area (Å²) in [5.41, 5.74) is 4.66. The normalized spacial score (nSPS) is 19.0. The summed E-state index contributed by atoms with van der Waals surface area (Å²) in [6.07, 6.45) is 10.6. The predicted octanol–water partition coefficient (Wildman–Crippen LogP) is 4.02. The van der Waals surface area contributed by atoms with E-state index >= 15 is 0 Å². The largest absolute Gasteiger partial charge is 0.369 e. The molecule has 0 saturated carbocycles. The summed E-state index contributed by atoms with van der Waals surface area (Å²) in [5.74, 6) is 1.95. The molecule has 6 heteroatoms. The predicted molar refractivity (Wildman–Crippen MR) is 123 cm³/mol. The van der Waals surface area contributed by atoms with Gasteiger partial charge in [-0.1, -0.05) is 24.3 Å². The van der Waals surface area contributed by atoms with Gasteiger partial charge in [-0.15, -0.1) is 0 Å². The van der Waals surface area contributed by atoms with Crippen LogP contribution in [0.2, 0.25) is 0 Å². The van der Waals surface area contributed by atoms with Crippen molar-refractivity contribution < 1.29 is 0 Å². The fourth-order valence-corrected chi connectivity index (χ4v) is 4.81. The van der Waals surface area contributed by atoms with E-state index in [1.54, 1.807) is 0 Å². The molecule has 1 atom stereocenters. The molecular formula is C25H24N6. The van der Waals surface area contributed by atoms with E-state index in [2.05, 4.69) is 50.1 Å². The average molecular weight is 409 g/mol. The highest BCUT2D eigenvalue weighted by atomic mass is 15.2. The second-order valence-corrected chi connectivity index (χ2v) is 8.47. The molecule has 31 heavy (non-hydrogen) atoms. The van der Waals surface area contributed by atoms with Crippen molar-refractivity contribution in [3.05, 3.63) is 84.7 Å². The van der Waals surface area contributed by atoms with Crippen molar-refractivity contribution >= 4 is 22.4 Å². The van der Waals surface area contributed by atoms with Gasteiger partial charge in [-0.3, -0.25) is 15.0 Å². The van der Waals surface area contributed by atoms with E-state index in [0.717, 1.165) is 49.6 Å². The van der Waals surface area contributed by atoms with Crippen LogP contribution in [0, 0.1) is 0 Å². The van der Waals surface area contributed by atoms with Crippen molar-refractivity contribution in [1.29, 1.82) is 0 Å². The number of pyridine rings is 2. The minimum absolute atomic E-state index is 0.396. The molecule has 3 aromatic heterocycles. The van der Waals surface area contributed by atoms with E-state index in [-0.39, 0.29) is 0 Å². The van der Waals surface area contributed by atoms with Gasteiger partial charge in [0.25, 0.3) is 0 Å². The van der Waals surface area contributed by atoms with E-state index in [1.165, 1.54) is 16.6 Å². The lowest BCUT2D eigenvalue weighted by molar-refractivity contribution is 0.511. The van der Waals surface area contributed by atoms with Gasteiger partial charge in [0.05, 0.1) is 23.1 Å². The first kappa shape index (κ1) is 18.2. The van der Waals surface area contributed by atoms with Gasteiger partial charge < -0.3 is 9.80 Å². The number of rotatable bonds is 4. The second kappa shape index (κ2) is 7.61. The maximum atomic E-state index is 4.76. The molecule has 2 aliphatic heterocycles. The standard InChI is InChI=1S/C25H24N6/c1-2-6-23-18(4-1)12-22(14-29-23)31-16-21(17-31)24-25(28-10-9-27-24)30-11-7-20(15-30)19-5-3-8-26-13-19/h1-6,8-10,12-14,20-21H,7,11,15-17H2. The summed E-state index contributed by atoms with van der Waals surface area (Å²) in [5, 5.41) is 1.18. The first-order valence-electron chi connectivity index (χ1n) is 10.9. The Hall–Kier alpha value is -3.54. The van der Waals surface area contributed by atoms with Gasteiger partial charge in [0.15, 0.2) is 5.82 Å². The van der Waals surface area contributed by atoms with Gasteiger partial charge in [0.2, 0.25) is 0 Å². The Labute approximate surface area is 181 Å². The molecule has 1 aromatic carbocycles. The first-order chi connectivity index (χ1) is 15.3. The molecule has 5 heterocycles. The molecule has 0 radical (unpaired) electrons. The molecule has 6 rings (SSSR count). The number of anilines is 2. The quantitative estimate of drug-likeness (QED) is 0.508. The molecule has 4 aromatic rings. The average Bonchev–Trinajstić information content (AvgIpc) is 3.29. The number of fused-ring (bicyclic) bond motifs is 1. The number of aromatic nitrogens is 4. The monoisotopic (exact) mass is 408 g/mol. The van der Waals surface area contributed by atoms with Crippen molar-refractivity contribution in [2.24, 2.45) is 0 Å². The summed E-state index contributed by atoms with van der Waals surface area (Å²) >= 11 is 0. The van der Waals surface area contributed by atoms with Crippen LogP contribution in [-0.2, 0) is 0 Å². The highest BCUT2D eigenvalue weighted by Crippen LogP contribution is 2.37. The van der Waals surface area contributed by atoms with Gasteiger partial charge in [-0.25, -0.2) is 4.98 Å². The molecule has 2 saturated heterocycles. The van der Waals surface area contributed by atoms with Gasteiger partial charge in [-0.2, -0.15) is 0 Å². The summed E-state index contributed by atoms with van der Waals surface area (Å²) in [6, 6.07) is 14.7. The SMILES string of the molecule is c1cncc(C2CCN(c3nccnc3C3CN(c4cnc5ccccc5c4)C3)C2)c1. The first-order valence-corrected chi connectivity index (χ1v) is 10.9. The maximum absolute atomic E-state index is 4.76. The number of hydrogen-bond donors (Lipinski definition) is 0. The summed E-state index contributed by atoms with van der Waals surface area (Å²) in [6.45, 7) is 3.88. The zero-order valence-corrected chi connectivity index (χ0v) is 17.3. The third-order valence-corrected chi connectivity index (χ3v) is 6.56. The lowest BCUT2D eigenvalue weighted by Gasteiger charge is -2.41. The zero-order valence-electron chi connectivity index (χ0n) is 17.3. The van der Waals surface area contributed by atoms with E-state index < -0.39 is 0 Å². The third-order valence-electron chi connectivity index (χ3n) is 6.56. The molecule has 0 N–H and O–H groups in total. The van der Waals surface area contributed by atoms with Gasteiger partial charge in [0.1, 0.15) is 0 Å². The smallest absolute Gasteiger partial charge is 0.150 e. The van der Waals surface area contributed by atoms with E-state index in [4.69, 9.17) is 9.97 Å². The van der Waals surface area contributed by atoms with Gasteiger partial charge in [0, 0.05) is 68.2 Å². The maximum Gasteiger partial charge on any atom is 0.150 e. The number of para-hydroxylation sites is 1. The summed E-state index contributed by atoms with van der Waals surface area (Å²) in [4.78, 5) is 23.2. The molecule has 2 fully saturated rings. The fraction of sp³-hybridized carbons (Fsp3) is 0.280. The Bertz CT molecular complexity index is 1200. The molecule has 0 amide bonds. The highest BCUT2D eigenvalue weighted by Gasteiger charge is 2.35.